The predicted octanol–water partition coefficient (Wildman–Crippen LogP) is 2.71. The highest BCUT2D eigenvalue weighted by molar-refractivity contribution is 14.0. The molecule has 0 aliphatic carbocycles. The summed E-state index contributed by atoms with van der Waals surface area (Å²) in [7, 11) is 3.52. The molecule has 31 heavy (non-hydrogen) atoms. The highest BCUT2D eigenvalue weighted by Crippen LogP contribution is 2.13. The lowest BCUT2D eigenvalue weighted by Gasteiger charge is -2.33. The van der Waals surface area contributed by atoms with E-state index in [0.29, 0.717) is 6.04 Å². The van der Waals surface area contributed by atoms with Crippen molar-refractivity contribution in [1.29, 1.82) is 0 Å². The lowest BCUT2D eigenvalue weighted by molar-refractivity contribution is -0.127. The van der Waals surface area contributed by atoms with Gasteiger partial charge < -0.3 is 20.3 Å². The van der Waals surface area contributed by atoms with Crippen molar-refractivity contribution in [3.05, 3.63) is 35.9 Å². The Labute approximate surface area is 205 Å². The van der Waals surface area contributed by atoms with Crippen molar-refractivity contribution in [3.8, 4) is 0 Å². The first-order chi connectivity index (χ1) is 14.6. The van der Waals surface area contributed by atoms with Gasteiger partial charge in [0.05, 0.1) is 0 Å². The first-order valence-electron chi connectivity index (χ1n) is 11.2. The van der Waals surface area contributed by atoms with Gasteiger partial charge >= 0.3 is 0 Å². The Hall–Kier alpha value is -1.39. The summed E-state index contributed by atoms with van der Waals surface area (Å²) in [5.41, 5.74) is 1.36. The molecule has 0 spiro atoms. The Morgan fingerprint density at radius 3 is 2.55 bits per heavy atom. The van der Waals surface area contributed by atoms with E-state index in [1.165, 1.54) is 5.56 Å². The number of carbonyl (C=O) groups is 1. The van der Waals surface area contributed by atoms with E-state index in [0.717, 1.165) is 71.0 Å². The third-order valence-corrected chi connectivity index (χ3v) is 5.26. The number of likely N-dealkylation sites (N-methyl/N-ethyl adjacent to an activating group) is 1. The van der Waals surface area contributed by atoms with E-state index < -0.39 is 0 Å². The van der Waals surface area contributed by atoms with Crippen LogP contribution < -0.4 is 10.6 Å². The molecule has 8 heteroatoms. The molecule has 7 nitrogen and oxygen atoms in total. The summed E-state index contributed by atoms with van der Waals surface area (Å²) in [5, 5.41) is 6.94. The normalized spacial score (nSPS) is 15.3. The largest absolute Gasteiger partial charge is 0.382 e. The standard InChI is InChI=1S/C23H39N5O2.HI/c1-4-30-17-9-8-14-24-23(25-18-22(29)27(2)3)26-21-12-15-28(16-13-21)19-20-10-6-5-7-11-20;/h5-7,10-11,21H,4,8-9,12-19H2,1-3H3,(H2,24,25,26);1H. The van der Waals surface area contributed by atoms with Crippen LogP contribution in [0.5, 0.6) is 0 Å². The van der Waals surface area contributed by atoms with Crippen LogP contribution in [0.3, 0.4) is 0 Å². The van der Waals surface area contributed by atoms with Gasteiger partial charge in [0.25, 0.3) is 0 Å². The van der Waals surface area contributed by atoms with Crippen molar-refractivity contribution >= 4 is 35.8 Å². The second-order valence-electron chi connectivity index (χ2n) is 7.96. The number of piperidine rings is 1. The molecule has 0 radical (unpaired) electrons. The highest BCUT2D eigenvalue weighted by Gasteiger charge is 2.20. The first-order valence-corrected chi connectivity index (χ1v) is 11.2. The zero-order valence-electron chi connectivity index (χ0n) is 19.3. The van der Waals surface area contributed by atoms with E-state index in [1.54, 1.807) is 19.0 Å². The number of likely N-dealkylation sites (tertiary alicyclic amines) is 1. The number of rotatable bonds is 11. The van der Waals surface area contributed by atoms with E-state index >= 15 is 0 Å². The maximum atomic E-state index is 11.9. The molecule has 0 aromatic heterocycles. The van der Waals surface area contributed by atoms with Crippen molar-refractivity contribution in [1.82, 2.24) is 20.4 Å². The molecule has 1 amide bonds. The Balaban J connectivity index is 0.00000480. The summed E-state index contributed by atoms with van der Waals surface area (Å²) >= 11 is 0. The summed E-state index contributed by atoms with van der Waals surface area (Å²) in [6, 6.07) is 11.0. The second kappa shape index (κ2) is 16.3. The van der Waals surface area contributed by atoms with E-state index in [4.69, 9.17) is 4.74 Å². The number of nitrogens with one attached hydrogen (secondary N) is 2. The number of benzene rings is 1. The van der Waals surface area contributed by atoms with Crippen LogP contribution in [-0.2, 0) is 16.1 Å². The fourth-order valence-corrected chi connectivity index (χ4v) is 3.39. The SMILES string of the molecule is CCOCCCCNC(=NCC(=O)N(C)C)NC1CCN(Cc2ccccc2)CC1.I. The number of nitrogens with zero attached hydrogens (tertiary/aromatic N) is 3. The number of guanidine groups is 1. The third-order valence-electron chi connectivity index (χ3n) is 5.26. The van der Waals surface area contributed by atoms with Crippen molar-refractivity contribution in [3.63, 3.8) is 0 Å². The zero-order chi connectivity index (χ0) is 21.6. The number of hydrogen-bond acceptors (Lipinski definition) is 4. The molecule has 0 saturated carbocycles. The highest BCUT2D eigenvalue weighted by atomic mass is 127. The minimum Gasteiger partial charge on any atom is -0.382 e. The van der Waals surface area contributed by atoms with Gasteiger partial charge in [-0.15, -0.1) is 24.0 Å². The van der Waals surface area contributed by atoms with Crippen LogP contribution in [0.2, 0.25) is 0 Å². The topological polar surface area (TPSA) is 69.2 Å². The van der Waals surface area contributed by atoms with Crippen molar-refractivity contribution in [2.75, 3.05) is 53.5 Å². The molecule has 1 heterocycles. The summed E-state index contributed by atoms with van der Waals surface area (Å²) < 4.78 is 5.39. The van der Waals surface area contributed by atoms with Crippen LogP contribution in [-0.4, -0.2) is 81.2 Å². The minimum atomic E-state index is 0. The van der Waals surface area contributed by atoms with Crippen molar-refractivity contribution in [2.45, 2.75) is 45.2 Å². The molecule has 176 valence electrons. The van der Waals surface area contributed by atoms with Gasteiger partial charge in [-0.05, 0) is 38.2 Å². The summed E-state index contributed by atoms with van der Waals surface area (Å²) in [6.45, 7) is 7.67. The molecule has 2 N–H and O–H groups in total. The van der Waals surface area contributed by atoms with Gasteiger partial charge in [0, 0.05) is 59.5 Å². The molecular formula is C23H40IN5O2. The van der Waals surface area contributed by atoms with Gasteiger partial charge in [-0.1, -0.05) is 30.3 Å². The average molecular weight is 546 g/mol. The number of amides is 1. The van der Waals surface area contributed by atoms with E-state index in [9.17, 15) is 4.79 Å². The molecule has 1 aromatic rings. The molecule has 2 rings (SSSR count). The van der Waals surface area contributed by atoms with E-state index in [2.05, 4.69) is 50.9 Å². The average Bonchev–Trinajstić information content (AvgIpc) is 2.76. The number of unbranched alkanes of at least 4 members (excludes halogenated alkanes) is 1. The van der Waals surface area contributed by atoms with E-state index in [1.807, 2.05) is 6.92 Å². The molecule has 0 unspecified atom stereocenters. The van der Waals surface area contributed by atoms with Crippen LogP contribution in [0.1, 0.15) is 38.2 Å². The number of aliphatic imine (C=N–C) groups is 1. The van der Waals surface area contributed by atoms with Gasteiger partial charge in [-0.3, -0.25) is 9.69 Å². The molecular weight excluding hydrogens is 505 g/mol. The Morgan fingerprint density at radius 2 is 1.90 bits per heavy atom. The second-order valence-corrected chi connectivity index (χ2v) is 7.96. The van der Waals surface area contributed by atoms with Crippen LogP contribution in [0, 0.1) is 0 Å². The number of ether oxygens (including phenoxy) is 1. The van der Waals surface area contributed by atoms with Crippen LogP contribution >= 0.6 is 24.0 Å². The molecule has 0 atom stereocenters. The third kappa shape index (κ3) is 11.7. The minimum absolute atomic E-state index is 0. The van der Waals surface area contributed by atoms with Crippen molar-refractivity contribution in [2.24, 2.45) is 4.99 Å². The fourth-order valence-electron chi connectivity index (χ4n) is 3.39. The number of carbonyl (C=O) groups excluding carboxylic acids is 1. The van der Waals surface area contributed by atoms with E-state index in [-0.39, 0.29) is 36.4 Å². The Morgan fingerprint density at radius 1 is 1.19 bits per heavy atom. The maximum Gasteiger partial charge on any atom is 0.243 e. The van der Waals surface area contributed by atoms with Gasteiger partial charge in [0.15, 0.2) is 5.96 Å². The first kappa shape index (κ1) is 27.6. The summed E-state index contributed by atoms with van der Waals surface area (Å²) in [6.07, 6.45) is 4.17. The van der Waals surface area contributed by atoms with Crippen molar-refractivity contribution < 1.29 is 9.53 Å². The Bertz CT molecular complexity index is 634. The lowest BCUT2D eigenvalue weighted by atomic mass is 10.0. The summed E-state index contributed by atoms with van der Waals surface area (Å²) in [4.78, 5) is 20.5. The molecule has 1 saturated heterocycles. The Kier molecular flexibility index (Phi) is 14.5. The summed E-state index contributed by atoms with van der Waals surface area (Å²) in [5.74, 6) is 0.744. The predicted molar refractivity (Wildman–Crippen MR) is 138 cm³/mol. The van der Waals surface area contributed by atoms with Gasteiger partial charge in [0.2, 0.25) is 5.91 Å². The molecule has 1 fully saturated rings. The molecule has 1 aliphatic heterocycles. The van der Waals surface area contributed by atoms with Gasteiger partial charge in [-0.25, -0.2) is 4.99 Å². The van der Waals surface area contributed by atoms with Crippen LogP contribution in [0.4, 0.5) is 0 Å². The molecule has 0 bridgehead atoms. The van der Waals surface area contributed by atoms with Crippen LogP contribution in [0.15, 0.2) is 35.3 Å². The maximum absolute atomic E-state index is 11.9. The smallest absolute Gasteiger partial charge is 0.243 e. The van der Waals surface area contributed by atoms with Gasteiger partial charge in [0.1, 0.15) is 6.54 Å². The fraction of sp³-hybridized carbons (Fsp3) is 0.652. The quantitative estimate of drug-likeness (QED) is 0.194. The molecule has 1 aromatic carbocycles. The van der Waals surface area contributed by atoms with Crippen LogP contribution in [0.25, 0.3) is 0 Å². The lowest BCUT2D eigenvalue weighted by Crippen LogP contribution is -2.49. The number of hydrogen-bond donors (Lipinski definition) is 2. The zero-order valence-corrected chi connectivity index (χ0v) is 21.6. The van der Waals surface area contributed by atoms with Gasteiger partial charge in [-0.2, -0.15) is 0 Å². The molecule has 1 aliphatic rings. The monoisotopic (exact) mass is 545 g/mol. The number of halogens is 1.